The molecule has 2 N–H and O–H groups in total. The summed E-state index contributed by atoms with van der Waals surface area (Å²) in [6.07, 6.45) is 1.41. The first-order valence-corrected chi connectivity index (χ1v) is 3.78. The van der Waals surface area contributed by atoms with Crippen LogP contribution in [0.15, 0.2) is 12.7 Å². The fraction of sp³-hybridized carbons (Fsp3) is 0.167. The maximum Gasteiger partial charge on any atom is 0.208 e. The van der Waals surface area contributed by atoms with E-state index in [-0.39, 0.29) is 5.84 Å². The zero-order chi connectivity index (χ0) is 8.27. The van der Waals surface area contributed by atoms with Gasteiger partial charge in [-0.3, -0.25) is 5.41 Å². The Labute approximate surface area is 68.7 Å². The maximum atomic E-state index is 7.19. The summed E-state index contributed by atoms with van der Waals surface area (Å²) in [5.41, 5.74) is 0. The first-order chi connectivity index (χ1) is 5.22. The van der Waals surface area contributed by atoms with Gasteiger partial charge in [0.25, 0.3) is 0 Å². The zero-order valence-corrected chi connectivity index (χ0v) is 6.90. The molecule has 0 atom stereocenters. The van der Waals surface area contributed by atoms with Crippen LogP contribution in [0.25, 0.3) is 0 Å². The van der Waals surface area contributed by atoms with Crippen LogP contribution in [0.1, 0.15) is 5.82 Å². The molecule has 4 nitrogen and oxygen atoms in total. The molecule has 0 aliphatic carbocycles. The fourth-order valence-corrected chi connectivity index (χ4v) is 1.10. The smallest absolute Gasteiger partial charge is 0.208 e. The van der Waals surface area contributed by atoms with Crippen LogP contribution < -0.4 is 5.32 Å². The number of hydrogen-bond acceptors (Lipinski definition) is 4. The molecule has 0 aromatic carbocycles. The molecule has 0 saturated heterocycles. The highest BCUT2D eigenvalue weighted by Crippen LogP contribution is 2.09. The Bertz CT molecular complexity index is 278. The van der Waals surface area contributed by atoms with Crippen molar-refractivity contribution in [2.75, 3.05) is 5.32 Å². The summed E-state index contributed by atoms with van der Waals surface area (Å²) in [7, 11) is 0. The third-order valence-electron chi connectivity index (χ3n) is 0.973. The van der Waals surface area contributed by atoms with Crippen molar-refractivity contribution in [1.29, 1.82) is 5.41 Å². The second kappa shape index (κ2) is 3.25. The monoisotopic (exact) mass is 168 g/mol. The molecule has 0 spiro atoms. The van der Waals surface area contributed by atoms with Crippen molar-refractivity contribution in [3.05, 3.63) is 18.5 Å². The highest BCUT2D eigenvalue weighted by molar-refractivity contribution is 7.09. The minimum Gasteiger partial charge on any atom is -0.315 e. The van der Waals surface area contributed by atoms with Gasteiger partial charge in [0.05, 0.1) is 0 Å². The minimum absolute atomic E-state index is 0.237. The first-order valence-electron chi connectivity index (χ1n) is 3.00. The van der Waals surface area contributed by atoms with Gasteiger partial charge in [-0.25, -0.2) is 4.98 Å². The summed E-state index contributed by atoms with van der Waals surface area (Å²) in [6, 6.07) is 0. The van der Waals surface area contributed by atoms with Gasteiger partial charge in [-0.2, -0.15) is 4.37 Å². The lowest BCUT2D eigenvalue weighted by Crippen LogP contribution is -2.05. The fourth-order valence-electron chi connectivity index (χ4n) is 0.514. The van der Waals surface area contributed by atoms with E-state index in [1.807, 2.05) is 0 Å². The molecule has 0 fully saturated rings. The lowest BCUT2D eigenvalue weighted by atomic mass is 10.6. The zero-order valence-electron chi connectivity index (χ0n) is 6.09. The van der Waals surface area contributed by atoms with Crippen molar-refractivity contribution in [3.63, 3.8) is 0 Å². The lowest BCUT2D eigenvalue weighted by molar-refractivity contribution is 1.17. The third-order valence-corrected chi connectivity index (χ3v) is 1.70. The number of nitrogens with one attached hydrogen (secondary N) is 2. The maximum absolute atomic E-state index is 7.19. The van der Waals surface area contributed by atoms with E-state index in [1.165, 1.54) is 17.6 Å². The van der Waals surface area contributed by atoms with Crippen molar-refractivity contribution >= 4 is 22.5 Å². The van der Waals surface area contributed by atoms with Crippen LogP contribution in [-0.2, 0) is 0 Å². The van der Waals surface area contributed by atoms with Crippen LogP contribution >= 0.6 is 11.5 Å². The molecule has 0 bridgehead atoms. The molecule has 1 aromatic heterocycles. The van der Waals surface area contributed by atoms with Gasteiger partial charge in [0, 0.05) is 11.5 Å². The summed E-state index contributed by atoms with van der Waals surface area (Å²) in [6.45, 7) is 5.24. The third kappa shape index (κ3) is 2.12. The Morgan fingerprint density at radius 3 is 3.00 bits per heavy atom. The van der Waals surface area contributed by atoms with Crippen molar-refractivity contribution < 1.29 is 0 Å². The van der Waals surface area contributed by atoms with Crippen molar-refractivity contribution in [3.8, 4) is 0 Å². The minimum atomic E-state index is 0.237. The van der Waals surface area contributed by atoms with Crippen LogP contribution in [0.3, 0.4) is 0 Å². The van der Waals surface area contributed by atoms with Gasteiger partial charge in [0.2, 0.25) is 5.13 Å². The molecule has 0 aliphatic heterocycles. The van der Waals surface area contributed by atoms with Gasteiger partial charge in [-0.05, 0) is 13.0 Å². The largest absolute Gasteiger partial charge is 0.315 e. The summed E-state index contributed by atoms with van der Waals surface area (Å²) >= 11 is 1.23. The molecule has 0 unspecified atom stereocenters. The number of amidine groups is 1. The number of nitrogens with zero attached hydrogens (tertiary/aromatic N) is 2. The Morgan fingerprint density at radius 2 is 2.55 bits per heavy atom. The second-order valence-electron chi connectivity index (χ2n) is 1.89. The molecule has 58 valence electrons. The molecule has 0 amide bonds. The van der Waals surface area contributed by atoms with Crippen molar-refractivity contribution in [1.82, 2.24) is 9.36 Å². The van der Waals surface area contributed by atoms with Gasteiger partial charge in [-0.1, -0.05) is 6.58 Å². The number of hydrogen-bond donors (Lipinski definition) is 2. The molecule has 0 radical (unpaired) electrons. The molecule has 0 aliphatic rings. The van der Waals surface area contributed by atoms with Gasteiger partial charge in [-0.15, -0.1) is 0 Å². The van der Waals surface area contributed by atoms with Gasteiger partial charge >= 0.3 is 0 Å². The number of anilines is 1. The van der Waals surface area contributed by atoms with E-state index >= 15 is 0 Å². The molecule has 5 heteroatoms. The van der Waals surface area contributed by atoms with Crippen LogP contribution in [0.5, 0.6) is 0 Å². The SMILES string of the molecule is C=CC(=N)Nc1nc(C)ns1. The van der Waals surface area contributed by atoms with Crippen molar-refractivity contribution in [2.24, 2.45) is 0 Å². The van der Waals surface area contributed by atoms with Gasteiger partial charge in [0.15, 0.2) is 0 Å². The summed E-state index contributed by atoms with van der Waals surface area (Å²) in [5.74, 6) is 0.954. The van der Waals surface area contributed by atoms with E-state index in [4.69, 9.17) is 5.41 Å². The Morgan fingerprint density at radius 1 is 1.82 bits per heavy atom. The molecular weight excluding hydrogens is 160 g/mol. The number of aryl methyl sites for hydroxylation is 1. The predicted octanol–water partition coefficient (Wildman–Crippen LogP) is 1.42. The lowest BCUT2D eigenvalue weighted by Gasteiger charge is -1.94. The Kier molecular flexibility index (Phi) is 2.32. The van der Waals surface area contributed by atoms with Crippen LogP contribution in [0, 0.1) is 12.3 Å². The van der Waals surface area contributed by atoms with E-state index in [1.54, 1.807) is 6.92 Å². The second-order valence-corrected chi connectivity index (χ2v) is 2.64. The van der Waals surface area contributed by atoms with E-state index in [0.717, 1.165) is 5.82 Å². The van der Waals surface area contributed by atoms with E-state index < -0.39 is 0 Å². The van der Waals surface area contributed by atoms with Crippen molar-refractivity contribution in [2.45, 2.75) is 6.92 Å². The molecule has 1 rings (SSSR count). The molecule has 1 heterocycles. The van der Waals surface area contributed by atoms with E-state index in [2.05, 4.69) is 21.3 Å². The highest BCUT2D eigenvalue weighted by Gasteiger charge is 1.98. The number of rotatable bonds is 2. The van der Waals surface area contributed by atoms with Crippen LogP contribution in [0.4, 0.5) is 5.13 Å². The van der Waals surface area contributed by atoms with E-state index in [0.29, 0.717) is 5.13 Å². The topological polar surface area (TPSA) is 61.7 Å². The summed E-state index contributed by atoms with van der Waals surface area (Å²) in [4.78, 5) is 4.01. The normalized spacial score (nSPS) is 9.18. The Balaban J connectivity index is 2.64. The molecular formula is C6H8N4S. The van der Waals surface area contributed by atoms with Gasteiger partial charge in [0.1, 0.15) is 11.7 Å². The Hall–Kier alpha value is -1.23. The van der Waals surface area contributed by atoms with Crippen LogP contribution in [-0.4, -0.2) is 15.2 Å². The summed E-state index contributed by atoms with van der Waals surface area (Å²) < 4.78 is 3.94. The average molecular weight is 168 g/mol. The first kappa shape index (κ1) is 7.87. The molecule has 11 heavy (non-hydrogen) atoms. The molecule has 0 saturated carbocycles. The van der Waals surface area contributed by atoms with Crippen LogP contribution in [0.2, 0.25) is 0 Å². The van der Waals surface area contributed by atoms with Gasteiger partial charge < -0.3 is 5.32 Å². The highest BCUT2D eigenvalue weighted by atomic mass is 32.1. The van der Waals surface area contributed by atoms with E-state index in [9.17, 15) is 0 Å². The standard InChI is InChI=1S/C6H8N4S/c1-3-5(7)9-6-8-4(2)10-11-6/h3H,1H2,2H3,(H2,7,8,9,10). The number of aromatic nitrogens is 2. The quantitative estimate of drug-likeness (QED) is 0.518. The summed E-state index contributed by atoms with van der Waals surface area (Å²) in [5, 5.41) is 10.5. The predicted molar refractivity (Wildman–Crippen MR) is 46.2 cm³/mol. The average Bonchev–Trinajstić information content (AvgIpc) is 2.35. The molecule has 1 aromatic rings.